The Labute approximate surface area is 182 Å². The predicted octanol–water partition coefficient (Wildman–Crippen LogP) is 5.59. The third kappa shape index (κ3) is 4.31. The molecular weight excluding hydrogens is 386 g/mol. The molecular formula is C26H27N3S. The van der Waals surface area contributed by atoms with Gasteiger partial charge in [-0.05, 0) is 29.3 Å². The number of hydrogen-bond acceptors (Lipinski definition) is 4. The van der Waals surface area contributed by atoms with Crippen molar-refractivity contribution in [1.29, 1.82) is 0 Å². The zero-order chi connectivity index (χ0) is 20.3. The van der Waals surface area contributed by atoms with Gasteiger partial charge in [0.05, 0.1) is 5.69 Å². The van der Waals surface area contributed by atoms with E-state index in [-0.39, 0.29) is 0 Å². The fourth-order valence-corrected chi connectivity index (χ4v) is 5.10. The average molecular weight is 414 g/mol. The Kier molecular flexibility index (Phi) is 5.63. The zero-order valence-corrected chi connectivity index (χ0v) is 18.2. The second-order valence-corrected chi connectivity index (χ2v) is 9.06. The van der Waals surface area contributed by atoms with Crippen LogP contribution >= 0.6 is 11.3 Å². The van der Waals surface area contributed by atoms with E-state index in [1.807, 2.05) is 0 Å². The third-order valence-electron chi connectivity index (χ3n) is 5.94. The summed E-state index contributed by atoms with van der Waals surface area (Å²) >= 11 is 1.76. The summed E-state index contributed by atoms with van der Waals surface area (Å²) in [5, 5.41) is 6.07. The van der Waals surface area contributed by atoms with Gasteiger partial charge >= 0.3 is 0 Å². The van der Waals surface area contributed by atoms with E-state index in [9.17, 15) is 0 Å². The lowest BCUT2D eigenvalue weighted by atomic mass is 10.0. The van der Waals surface area contributed by atoms with Gasteiger partial charge < -0.3 is 0 Å². The van der Waals surface area contributed by atoms with E-state index < -0.39 is 0 Å². The molecule has 152 valence electrons. The number of aromatic nitrogens is 1. The summed E-state index contributed by atoms with van der Waals surface area (Å²) in [5.74, 6) is 0. The smallest absolute Gasteiger partial charge is 0.123 e. The summed E-state index contributed by atoms with van der Waals surface area (Å²) in [5.41, 5.74) is 5.14. The minimum Gasteiger partial charge on any atom is -0.297 e. The topological polar surface area (TPSA) is 19.4 Å². The molecule has 3 aromatic carbocycles. The SMILES string of the molecule is Cc1cccc(-c2nc(CN3CCN(Cc4cccc5ccccc45)CC3)cs2)c1. The number of nitrogens with zero attached hydrogens (tertiary/aromatic N) is 3. The minimum absolute atomic E-state index is 0.949. The molecule has 4 aromatic rings. The van der Waals surface area contributed by atoms with Gasteiger partial charge in [0, 0.05) is 50.2 Å². The van der Waals surface area contributed by atoms with Crippen molar-refractivity contribution >= 4 is 22.1 Å². The molecule has 0 amide bonds. The second kappa shape index (κ2) is 8.68. The molecule has 2 heterocycles. The Morgan fingerprint density at radius 2 is 1.57 bits per heavy atom. The number of aryl methyl sites for hydroxylation is 1. The summed E-state index contributed by atoms with van der Waals surface area (Å²) < 4.78 is 0. The normalized spacial score (nSPS) is 15.6. The van der Waals surface area contributed by atoms with Crippen LogP contribution in [0.3, 0.4) is 0 Å². The highest BCUT2D eigenvalue weighted by atomic mass is 32.1. The van der Waals surface area contributed by atoms with E-state index in [4.69, 9.17) is 4.98 Å². The van der Waals surface area contributed by atoms with E-state index in [1.165, 1.54) is 33.2 Å². The Bertz CT molecular complexity index is 1140. The molecule has 1 fully saturated rings. The first kappa shape index (κ1) is 19.4. The number of fused-ring (bicyclic) bond motifs is 1. The van der Waals surface area contributed by atoms with Gasteiger partial charge in [-0.25, -0.2) is 4.98 Å². The fraction of sp³-hybridized carbons (Fsp3) is 0.269. The maximum atomic E-state index is 4.90. The van der Waals surface area contributed by atoms with Gasteiger partial charge in [-0.2, -0.15) is 0 Å². The molecule has 0 bridgehead atoms. The van der Waals surface area contributed by atoms with E-state index in [0.717, 1.165) is 44.3 Å². The molecule has 0 atom stereocenters. The summed E-state index contributed by atoms with van der Waals surface area (Å²) in [6.45, 7) is 8.53. The van der Waals surface area contributed by atoms with Crippen molar-refractivity contribution in [2.45, 2.75) is 20.0 Å². The predicted molar refractivity (Wildman–Crippen MR) is 127 cm³/mol. The monoisotopic (exact) mass is 413 g/mol. The Morgan fingerprint density at radius 1 is 0.833 bits per heavy atom. The maximum absolute atomic E-state index is 4.90. The number of benzene rings is 3. The number of piperazine rings is 1. The summed E-state index contributed by atoms with van der Waals surface area (Å²) in [6.07, 6.45) is 0. The molecule has 5 rings (SSSR count). The molecule has 1 aliphatic heterocycles. The van der Waals surface area contributed by atoms with Gasteiger partial charge in [0.2, 0.25) is 0 Å². The lowest BCUT2D eigenvalue weighted by Crippen LogP contribution is -2.45. The molecule has 1 saturated heterocycles. The maximum Gasteiger partial charge on any atom is 0.123 e. The fourth-order valence-electron chi connectivity index (χ4n) is 4.30. The highest BCUT2D eigenvalue weighted by molar-refractivity contribution is 7.13. The molecule has 4 heteroatoms. The summed E-state index contributed by atoms with van der Waals surface area (Å²) in [7, 11) is 0. The molecule has 0 radical (unpaired) electrons. The van der Waals surface area contributed by atoms with Gasteiger partial charge in [-0.15, -0.1) is 11.3 Å². The molecule has 0 N–H and O–H groups in total. The zero-order valence-electron chi connectivity index (χ0n) is 17.4. The van der Waals surface area contributed by atoms with Crippen LogP contribution in [0.5, 0.6) is 0 Å². The number of thiazole rings is 1. The number of hydrogen-bond donors (Lipinski definition) is 0. The lowest BCUT2D eigenvalue weighted by Gasteiger charge is -2.34. The average Bonchev–Trinajstić information content (AvgIpc) is 3.24. The van der Waals surface area contributed by atoms with Crippen LogP contribution < -0.4 is 0 Å². The second-order valence-electron chi connectivity index (χ2n) is 8.20. The van der Waals surface area contributed by atoms with Crippen LogP contribution in [0, 0.1) is 6.92 Å². The number of rotatable bonds is 5. The van der Waals surface area contributed by atoms with Crippen molar-refractivity contribution in [3.63, 3.8) is 0 Å². The standard InChI is InChI=1S/C26H27N3S/c1-20-6-4-9-22(16-20)26-27-24(19-30-26)18-29-14-12-28(13-15-29)17-23-10-5-8-21-7-2-3-11-25(21)23/h2-11,16,19H,12-15,17-18H2,1H3. The van der Waals surface area contributed by atoms with E-state index >= 15 is 0 Å². The van der Waals surface area contributed by atoms with Crippen molar-refractivity contribution in [3.05, 3.63) is 88.9 Å². The molecule has 1 aliphatic rings. The van der Waals surface area contributed by atoms with Crippen LogP contribution in [0.25, 0.3) is 21.3 Å². The highest BCUT2D eigenvalue weighted by Crippen LogP contribution is 2.25. The van der Waals surface area contributed by atoms with Crippen LogP contribution in [-0.4, -0.2) is 41.0 Å². The van der Waals surface area contributed by atoms with Crippen molar-refractivity contribution in [3.8, 4) is 10.6 Å². The van der Waals surface area contributed by atoms with Crippen molar-refractivity contribution in [2.24, 2.45) is 0 Å². The van der Waals surface area contributed by atoms with Crippen LogP contribution in [0.1, 0.15) is 16.8 Å². The van der Waals surface area contributed by atoms with Gasteiger partial charge in [0.1, 0.15) is 5.01 Å². The van der Waals surface area contributed by atoms with Gasteiger partial charge in [-0.1, -0.05) is 66.2 Å². The molecule has 30 heavy (non-hydrogen) atoms. The molecule has 0 aliphatic carbocycles. The largest absolute Gasteiger partial charge is 0.297 e. The van der Waals surface area contributed by atoms with Crippen LogP contribution in [0.2, 0.25) is 0 Å². The van der Waals surface area contributed by atoms with Crippen molar-refractivity contribution in [1.82, 2.24) is 14.8 Å². The highest BCUT2D eigenvalue weighted by Gasteiger charge is 2.19. The third-order valence-corrected chi connectivity index (χ3v) is 6.88. The molecule has 1 aromatic heterocycles. The van der Waals surface area contributed by atoms with Gasteiger partial charge in [0.25, 0.3) is 0 Å². The van der Waals surface area contributed by atoms with E-state index in [1.54, 1.807) is 11.3 Å². The van der Waals surface area contributed by atoms with Crippen molar-refractivity contribution in [2.75, 3.05) is 26.2 Å². The molecule has 0 spiro atoms. The molecule has 0 unspecified atom stereocenters. The van der Waals surface area contributed by atoms with E-state index in [0.29, 0.717) is 0 Å². The van der Waals surface area contributed by atoms with Crippen molar-refractivity contribution < 1.29 is 0 Å². The summed E-state index contributed by atoms with van der Waals surface area (Å²) in [4.78, 5) is 10.0. The van der Waals surface area contributed by atoms with Gasteiger partial charge in [-0.3, -0.25) is 9.80 Å². The first-order valence-electron chi connectivity index (χ1n) is 10.7. The Morgan fingerprint density at radius 3 is 2.40 bits per heavy atom. The lowest BCUT2D eigenvalue weighted by molar-refractivity contribution is 0.121. The Balaban J connectivity index is 1.19. The first-order chi connectivity index (χ1) is 14.7. The molecule has 3 nitrogen and oxygen atoms in total. The van der Waals surface area contributed by atoms with E-state index in [2.05, 4.69) is 88.8 Å². The van der Waals surface area contributed by atoms with Crippen LogP contribution in [0.15, 0.2) is 72.1 Å². The van der Waals surface area contributed by atoms with Crippen LogP contribution in [0.4, 0.5) is 0 Å². The molecule has 0 saturated carbocycles. The minimum atomic E-state index is 0.949. The van der Waals surface area contributed by atoms with Crippen LogP contribution in [-0.2, 0) is 13.1 Å². The summed E-state index contributed by atoms with van der Waals surface area (Å²) in [6, 6.07) is 24.0. The quantitative estimate of drug-likeness (QED) is 0.425. The Hall–Kier alpha value is -2.53. The first-order valence-corrected chi connectivity index (χ1v) is 11.6. The van der Waals surface area contributed by atoms with Gasteiger partial charge in [0.15, 0.2) is 0 Å².